The van der Waals surface area contributed by atoms with Crippen LogP contribution in [0.4, 0.5) is 17.5 Å². The van der Waals surface area contributed by atoms with Gasteiger partial charge in [-0.1, -0.05) is 23.8 Å². The number of carbonyl (C=O) groups excluding carboxylic acids is 1. The molecule has 5 atom stereocenters. The first kappa shape index (κ1) is 18.4. The second-order valence-corrected chi connectivity index (χ2v) is 8.20. The van der Waals surface area contributed by atoms with Crippen LogP contribution in [-0.2, 0) is 9.53 Å². The molecule has 0 spiro atoms. The molecule has 3 heterocycles. The van der Waals surface area contributed by atoms with Crippen LogP contribution >= 0.6 is 11.6 Å². The van der Waals surface area contributed by atoms with Crippen LogP contribution in [-0.4, -0.2) is 44.9 Å². The maximum Gasteiger partial charge on any atom is 0.229 e. The summed E-state index contributed by atoms with van der Waals surface area (Å²) in [4.78, 5) is 20.7. The third kappa shape index (κ3) is 3.44. The molecule has 1 aliphatic heterocycles. The van der Waals surface area contributed by atoms with Crippen molar-refractivity contribution in [2.24, 2.45) is 23.5 Å². The Morgan fingerprint density at radius 3 is 2.97 bits per heavy atom. The van der Waals surface area contributed by atoms with E-state index in [-0.39, 0.29) is 35.7 Å². The highest BCUT2D eigenvalue weighted by Crippen LogP contribution is 2.45. The Morgan fingerprint density at radius 2 is 2.17 bits per heavy atom. The number of aromatic nitrogens is 4. The molecule has 2 aromatic rings. The number of hydrogen-bond donors (Lipinski definition) is 3. The molecular weight excluding hydrogens is 394 g/mol. The van der Waals surface area contributed by atoms with Crippen LogP contribution in [0.15, 0.2) is 30.7 Å². The molecule has 4 N–H and O–H groups in total. The first-order valence-electron chi connectivity index (χ1n) is 9.74. The molecular formula is C19H22ClN7O2. The quantitative estimate of drug-likeness (QED) is 0.618. The van der Waals surface area contributed by atoms with E-state index in [0.29, 0.717) is 23.4 Å². The van der Waals surface area contributed by atoms with Gasteiger partial charge in [-0.15, -0.1) is 0 Å². The number of rotatable bonds is 6. The topological polar surface area (TPSA) is 120 Å². The van der Waals surface area contributed by atoms with Crippen LogP contribution in [0.25, 0.3) is 0 Å². The third-order valence-corrected chi connectivity index (χ3v) is 6.25. The summed E-state index contributed by atoms with van der Waals surface area (Å²) >= 11 is 6.32. The highest BCUT2D eigenvalue weighted by molar-refractivity contribution is 6.32. The minimum Gasteiger partial charge on any atom is -0.379 e. The van der Waals surface area contributed by atoms with Gasteiger partial charge < -0.3 is 21.1 Å². The average molecular weight is 416 g/mol. The van der Waals surface area contributed by atoms with Crippen LogP contribution in [0.3, 0.4) is 0 Å². The van der Waals surface area contributed by atoms with Gasteiger partial charge in [0.05, 0.1) is 36.6 Å². The van der Waals surface area contributed by atoms with Crippen molar-refractivity contribution in [1.29, 1.82) is 0 Å². The molecule has 2 aromatic heterocycles. The number of hydrogen-bond acceptors (Lipinski definition) is 7. The molecule has 2 aliphatic carbocycles. The molecule has 0 unspecified atom stereocenters. The smallest absolute Gasteiger partial charge is 0.229 e. The van der Waals surface area contributed by atoms with Crippen molar-refractivity contribution in [3.05, 3.63) is 35.8 Å². The number of ether oxygens (including phenoxy) is 1. The zero-order valence-corrected chi connectivity index (χ0v) is 16.4. The molecule has 29 heavy (non-hydrogen) atoms. The summed E-state index contributed by atoms with van der Waals surface area (Å²) < 4.78 is 7.30. The first-order valence-corrected chi connectivity index (χ1v) is 10.1. The van der Waals surface area contributed by atoms with Gasteiger partial charge in [0.15, 0.2) is 5.82 Å². The molecule has 1 amide bonds. The van der Waals surface area contributed by atoms with Crippen LogP contribution in [0.2, 0.25) is 5.02 Å². The number of nitrogens with zero attached hydrogens (tertiary/aromatic N) is 4. The molecule has 5 rings (SSSR count). The van der Waals surface area contributed by atoms with Crippen LogP contribution < -0.4 is 16.4 Å². The normalized spacial score (nSPS) is 30.0. The Kier molecular flexibility index (Phi) is 4.63. The molecule has 9 nitrogen and oxygen atoms in total. The summed E-state index contributed by atoms with van der Waals surface area (Å²) in [6.07, 6.45) is 11.3. The Morgan fingerprint density at radius 1 is 1.31 bits per heavy atom. The van der Waals surface area contributed by atoms with Crippen molar-refractivity contribution in [3.63, 3.8) is 0 Å². The van der Waals surface area contributed by atoms with E-state index in [1.54, 1.807) is 6.20 Å². The summed E-state index contributed by atoms with van der Waals surface area (Å²) in [6, 6.07) is 0.137. The van der Waals surface area contributed by atoms with Crippen molar-refractivity contribution in [2.75, 3.05) is 23.8 Å². The Balaban J connectivity index is 1.33. The van der Waals surface area contributed by atoms with Gasteiger partial charge in [0, 0.05) is 18.8 Å². The standard InChI is InChI=1S/C19H22ClN7O2/c20-14-7-22-19(24-12-6-23-27(8-12)13-3-4-29-9-13)26-18(14)25-16-11-2-1-10(5-11)15(16)17(21)28/h1-2,6-8,10-11,13,15-16H,3-5,9H2,(H2,21,28)(H2,22,24,25,26)/t10-,11+,13+,15+,16-/m1/s1. The average Bonchev–Trinajstić information content (AvgIpc) is 3.48. The van der Waals surface area contributed by atoms with Gasteiger partial charge in [-0.2, -0.15) is 10.1 Å². The molecule has 1 saturated heterocycles. The van der Waals surface area contributed by atoms with Gasteiger partial charge in [-0.3, -0.25) is 9.48 Å². The lowest BCUT2D eigenvalue weighted by Crippen LogP contribution is -2.41. The van der Waals surface area contributed by atoms with Gasteiger partial charge in [-0.25, -0.2) is 4.98 Å². The fourth-order valence-electron chi connectivity index (χ4n) is 4.56. The maximum absolute atomic E-state index is 11.9. The van der Waals surface area contributed by atoms with Crippen molar-refractivity contribution in [1.82, 2.24) is 19.7 Å². The third-order valence-electron chi connectivity index (χ3n) is 5.97. The number of allylic oxidation sites excluding steroid dienone is 1. The van der Waals surface area contributed by atoms with Gasteiger partial charge in [0.1, 0.15) is 5.02 Å². The predicted octanol–water partition coefficient (Wildman–Crippen LogP) is 2.12. The monoisotopic (exact) mass is 415 g/mol. The maximum atomic E-state index is 11.9. The van der Waals surface area contributed by atoms with E-state index in [1.165, 1.54) is 6.20 Å². The summed E-state index contributed by atoms with van der Waals surface area (Å²) in [5.41, 5.74) is 6.42. The summed E-state index contributed by atoms with van der Waals surface area (Å²) in [6.45, 7) is 1.43. The van der Waals surface area contributed by atoms with Crippen LogP contribution in [0, 0.1) is 17.8 Å². The predicted molar refractivity (Wildman–Crippen MR) is 108 cm³/mol. The van der Waals surface area contributed by atoms with Gasteiger partial charge in [0.2, 0.25) is 11.9 Å². The lowest BCUT2D eigenvalue weighted by Gasteiger charge is -2.27. The summed E-state index contributed by atoms with van der Waals surface area (Å²) in [5.74, 6) is 0.738. The first-order chi connectivity index (χ1) is 14.1. The number of nitrogens with two attached hydrogens (primary N) is 1. The highest BCUT2D eigenvalue weighted by atomic mass is 35.5. The number of anilines is 3. The fourth-order valence-corrected chi connectivity index (χ4v) is 4.70. The second-order valence-electron chi connectivity index (χ2n) is 7.79. The van der Waals surface area contributed by atoms with Gasteiger partial charge in [0.25, 0.3) is 0 Å². The Labute approximate surface area is 172 Å². The summed E-state index contributed by atoms with van der Waals surface area (Å²) in [7, 11) is 0. The van der Waals surface area contributed by atoms with Crippen molar-refractivity contribution in [2.45, 2.75) is 24.9 Å². The van der Waals surface area contributed by atoms with E-state index >= 15 is 0 Å². The van der Waals surface area contributed by atoms with E-state index in [2.05, 4.69) is 37.9 Å². The Hall–Kier alpha value is -2.65. The molecule has 0 aromatic carbocycles. The van der Waals surface area contributed by atoms with E-state index in [4.69, 9.17) is 22.1 Å². The number of halogens is 1. The largest absolute Gasteiger partial charge is 0.379 e. The number of amides is 1. The lowest BCUT2D eigenvalue weighted by molar-refractivity contribution is -0.122. The van der Waals surface area contributed by atoms with Gasteiger partial charge in [-0.05, 0) is 24.7 Å². The van der Waals surface area contributed by atoms with Crippen molar-refractivity contribution < 1.29 is 9.53 Å². The second kappa shape index (κ2) is 7.31. The molecule has 2 fully saturated rings. The molecule has 10 heteroatoms. The number of primary amides is 1. The zero-order chi connectivity index (χ0) is 20.0. The highest BCUT2D eigenvalue weighted by Gasteiger charge is 2.47. The van der Waals surface area contributed by atoms with E-state index in [0.717, 1.165) is 25.1 Å². The lowest BCUT2D eigenvalue weighted by atomic mass is 9.88. The molecule has 152 valence electrons. The minimum absolute atomic E-state index is 0.118. The molecule has 0 radical (unpaired) electrons. The van der Waals surface area contributed by atoms with Crippen molar-refractivity contribution >= 4 is 35.0 Å². The zero-order valence-electron chi connectivity index (χ0n) is 15.7. The van der Waals surface area contributed by atoms with Crippen LogP contribution in [0.5, 0.6) is 0 Å². The number of carbonyl (C=O) groups is 1. The van der Waals surface area contributed by atoms with Crippen LogP contribution in [0.1, 0.15) is 18.9 Å². The Bertz CT molecular complexity index is 956. The van der Waals surface area contributed by atoms with E-state index < -0.39 is 0 Å². The molecule has 1 saturated carbocycles. The van der Waals surface area contributed by atoms with Gasteiger partial charge >= 0.3 is 0 Å². The SMILES string of the molecule is NC(=O)[C@@H]1[C@H](Nc2nc(Nc3cnn([C@H]4CCOC4)c3)ncc2Cl)[C@H]2C=C[C@@H]1C2. The van der Waals surface area contributed by atoms with Crippen molar-refractivity contribution in [3.8, 4) is 0 Å². The molecule has 3 aliphatic rings. The summed E-state index contributed by atoms with van der Waals surface area (Å²) in [5, 5.41) is 11.3. The van der Waals surface area contributed by atoms with E-state index in [1.807, 2.05) is 10.9 Å². The number of fused-ring (bicyclic) bond motifs is 2. The minimum atomic E-state index is -0.300. The molecule has 2 bridgehead atoms. The fraction of sp³-hybridized carbons (Fsp3) is 0.474. The number of nitrogens with one attached hydrogen (secondary N) is 2. The van der Waals surface area contributed by atoms with E-state index in [9.17, 15) is 4.79 Å².